The highest BCUT2D eigenvalue weighted by molar-refractivity contribution is 5.95. The summed E-state index contributed by atoms with van der Waals surface area (Å²) in [6, 6.07) is 9.55. The molecule has 2 unspecified atom stereocenters. The van der Waals surface area contributed by atoms with Gasteiger partial charge < -0.3 is 5.32 Å². The number of aryl methyl sites for hydroxylation is 1. The van der Waals surface area contributed by atoms with Gasteiger partial charge in [0.15, 0.2) is 5.82 Å². The fourth-order valence-electron chi connectivity index (χ4n) is 3.85. The molecule has 1 N–H and O–H groups in total. The van der Waals surface area contributed by atoms with Crippen molar-refractivity contribution in [2.24, 2.45) is 5.92 Å². The van der Waals surface area contributed by atoms with Gasteiger partial charge in [-0.2, -0.15) is 18.3 Å². The highest BCUT2D eigenvalue weighted by Gasteiger charge is 2.61. The summed E-state index contributed by atoms with van der Waals surface area (Å²) >= 11 is 0. The Morgan fingerprint density at radius 2 is 2.12 bits per heavy atom. The summed E-state index contributed by atoms with van der Waals surface area (Å²) in [7, 11) is 0. The number of carbonyl (C=O) groups is 1. The first kappa shape index (κ1) is 15.2. The number of amides is 1. The minimum Gasteiger partial charge on any atom is -0.309 e. The topological polar surface area (TPSA) is 46.9 Å². The van der Waals surface area contributed by atoms with Crippen molar-refractivity contribution >= 4 is 11.7 Å². The molecule has 0 bridgehead atoms. The first-order chi connectivity index (χ1) is 11.4. The summed E-state index contributed by atoms with van der Waals surface area (Å²) in [5, 5.41) is 6.42. The number of nitrogens with one attached hydrogen (secondary N) is 1. The summed E-state index contributed by atoms with van der Waals surface area (Å²) in [6.45, 7) is -1.16. The van der Waals surface area contributed by atoms with Crippen molar-refractivity contribution in [2.45, 2.75) is 37.4 Å². The fraction of sp³-hybridized carbons (Fsp3) is 0.412. The van der Waals surface area contributed by atoms with E-state index in [1.54, 1.807) is 0 Å². The van der Waals surface area contributed by atoms with E-state index < -0.39 is 12.7 Å². The highest BCUT2D eigenvalue weighted by atomic mass is 19.4. The van der Waals surface area contributed by atoms with Crippen LogP contribution in [0.3, 0.4) is 0 Å². The van der Waals surface area contributed by atoms with E-state index in [0.29, 0.717) is 0 Å². The minimum absolute atomic E-state index is 0.0881. The van der Waals surface area contributed by atoms with Gasteiger partial charge in [-0.15, -0.1) is 0 Å². The third kappa shape index (κ3) is 2.57. The summed E-state index contributed by atoms with van der Waals surface area (Å²) in [5.41, 5.74) is 2.45. The van der Waals surface area contributed by atoms with E-state index in [9.17, 15) is 18.0 Å². The summed E-state index contributed by atoms with van der Waals surface area (Å²) < 4.78 is 37.8. The van der Waals surface area contributed by atoms with Gasteiger partial charge in [0, 0.05) is 23.6 Å². The van der Waals surface area contributed by atoms with Gasteiger partial charge >= 0.3 is 6.18 Å². The third-order valence-electron chi connectivity index (χ3n) is 5.02. The van der Waals surface area contributed by atoms with E-state index in [1.165, 1.54) is 23.4 Å². The molecule has 4 rings (SSSR count). The lowest BCUT2D eigenvalue weighted by Gasteiger charge is -2.11. The van der Waals surface area contributed by atoms with Crippen molar-refractivity contribution in [2.75, 3.05) is 5.32 Å². The van der Waals surface area contributed by atoms with Crippen molar-refractivity contribution in [1.29, 1.82) is 0 Å². The van der Waals surface area contributed by atoms with Crippen LogP contribution in [0.5, 0.6) is 0 Å². The molecule has 1 amide bonds. The number of rotatable bonds is 3. The molecule has 7 heteroatoms. The van der Waals surface area contributed by atoms with Gasteiger partial charge in [-0.05, 0) is 30.4 Å². The molecule has 1 aromatic carbocycles. The second kappa shape index (κ2) is 5.09. The maximum atomic E-state index is 12.5. The van der Waals surface area contributed by atoms with Gasteiger partial charge in [0.25, 0.3) is 0 Å². The minimum atomic E-state index is -4.33. The van der Waals surface area contributed by atoms with Crippen LogP contribution in [0.1, 0.15) is 24.0 Å². The average molecular weight is 335 g/mol. The molecule has 1 aromatic heterocycles. The van der Waals surface area contributed by atoms with Crippen molar-refractivity contribution in [3.05, 3.63) is 47.7 Å². The lowest BCUT2D eigenvalue weighted by atomic mass is 9.95. The maximum absolute atomic E-state index is 12.5. The number of nitrogens with zero attached hydrogens (tertiary/aromatic N) is 2. The molecule has 0 aliphatic heterocycles. The Morgan fingerprint density at radius 3 is 2.92 bits per heavy atom. The Morgan fingerprint density at radius 1 is 1.33 bits per heavy atom. The van der Waals surface area contributed by atoms with Crippen molar-refractivity contribution in [3.8, 4) is 0 Å². The fourth-order valence-corrected chi connectivity index (χ4v) is 3.85. The van der Waals surface area contributed by atoms with Crippen LogP contribution in [0.2, 0.25) is 0 Å². The number of hydrogen-bond acceptors (Lipinski definition) is 2. The Labute approximate surface area is 136 Å². The van der Waals surface area contributed by atoms with Gasteiger partial charge in [-0.25, -0.2) is 0 Å². The first-order valence-electron chi connectivity index (χ1n) is 7.87. The van der Waals surface area contributed by atoms with Crippen LogP contribution in [-0.4, -0.2) is 21.9 Å². The Hall–Kier alpha value is -2.31. The molecule has 24 heavy (non-hydrogen) atoms. The molecule has 4 nitrogen and oxygen atoms in total. The summed E-state index contributed by atoms with van der Waals surface area (Å²) in [6.07, 6.45) is -0.399. The SMILES string of the molecule is O=C(Nc1ccn(CC(F)(F)F)n1)C1CC12CCc1ccccc12. The molecule has 2 aromatic rings. The Balaban J connectivity index is 1.44. The van der Waals surface area contributed by atoms with Crippen LogP contribution in [-0.2, 0) is 23.2 Å². The average Bonchev–Trinajstić information content (AvgIpc) is 2.91. The molecule has 1 spiro atoms. The molecule has 2 aliphatic carbocycles. The van der Waals surface area contributed by atoms with E-state index in [4.69, 9.17) is 0 Å². The second-order valence-corrected chi connectivity index (χ2v) is 6.57. The monoisotopic (exact) mass is 335 g/mol. The zero-order chi connectivity index (χ0) is 16.9. The molecule has 1 heterocycles. The maximum Gasteiger partial charge on any atom is 0.408 e. The van der Waals surface area contributed by atoms with Gasteiger partial charge in [0.1, 0.15) is 6.54 Å². The van der Waals surface area contributed by atoms with Crippen LogP contribution in [0.15, 0.2) is 36.5 Å². The number of fused-ring (bicyclic) bond motifs is 2. The van der Waals surface area contributed by atoms with E-state index in [-0.39, 0.29) is 23.1 Å². The van der Waals surface area contributed by atoms with Gasteiger partial charge in [-0.3, -0.25) is 9.48 Å². The molecule has 1 fully saturated rings. The van der Waals surface area contributed by atoms with E-state index in [2.05, 4.69) is 22.5 Å². The van der Waals surface area contributed by atoms with Crippen molar-refractivity contribution < 1.29 is 18.0 Å². The molecule has 2 aliphatic rings. The highest BCUT2D eigenvalue weighted by Crippen LogP contribution is 2.61. The third-order valence-corrected chi connectivity index (χ3v) is 5.02. The quantitative estimate of drug-likeness (QED) is 0.936. The molecule has 0 saturated heterocycles. The smallest absolute Gasteiger partial charge is 0.309 e. The zero-order valence-corrected chi connectivity index (χ0v) is 12.8. The van der Waals surface area contributed by atoms with Gasteiger partial charge in [0.2, 0.25) is 5.91 Å². The molecule has 126 valence electrons. The largest absolute Gasteiger partial charge is 0.408 e. The van der Waals surface area contributed by atoms with Crippen LogP contribution in [0.4, 0.5) is 19.0 Å². The predicted molar refractivity (Wildman–Crippen MR) is 81.5 cm³/mol. The number of halogens is 3. The zero-order valence-electron chi connectivity index (χ0n) is 12.8. The molecule has 1 saturated carbocycles. The number of anilines is 1. The van der Waals surface area contributed by atoms with E-state index in [1.807, 2.05) is 12.1 Å². The number of alkyl halides is 3. The number of aromatic nitrogens is 2. The normalized spacial score (nSPS) is 24.9. The summed E-state index contributed by atoms with van der Waals surface area (Å²) in [4.78, 5) is 12.5. The Kier molecular flexibility index (Phi) is 3.23. The summed E-state index contributed by atoms with van der Waals surface area (Å²) in [5.74, 6) is -0.129. The first-order valence-corrected chi connectivity index (χ1v) is 7.87. The van der Waals surface area contributed by atoms with Crippen molar-refractivity contribution in [1.82, 2.24) is 9.78 Å². The van der Waals surface area contributed by atoms with Crippen LogP contribution in [0.25, 0.3) is 0 Å². The molecule has 2 atom stereocenters. The van der Waals surface area contributed by atoms with Crippen LogP contribution >= 0.6 is 0 Å². The number of carbonyl (C=O) groups excluding carboxylic acids is 1. The van der Waals surface area contributed by atoms with Gasteiger partial charge in [0.05, 0.1) is 0 Å². The van der Waals surface area contributed by atoms with Gasteiger partial charge in [-0.1, -0.05) is 24.3 Å². The second-order valence-electron chi connectivity index (χ2n) is 6.57. The standard InChI is InChI=1S/C17H16F3N3O/c18-17(19,20)10-23-8-6-14(22-23)21-15(24)13-9-16(13)7-5-11-3-1-2-4-12(11)16/h1-4,6,8,13H,5,7,9-10H2,(H,21,22,24). The Bertz CT molecular complexity index is 798. The van der Waals surface area contributed by atoms with E-state index in [0.717, 1.165) is 23.9 Å². The van der Waals surface area contributed by atoms with Crippen molar-refractivity contribution in [3.63, 3.8) is 0 Å². The number of hydrogen-bond donors (Lipinski definition) is 1. The molecular formula is C17H16F3N3O. The predicted octanol–water partition coefficient (Wildman–Crippen LogP) is 3.29. The van der Waals surface area contributed by atoms with E-state index >= 15 is 0 Å². The lowest BCUT2D eigenvalue weighted by molar-refractivity contribution is -0.142. The number of benzene rings is 1. The molecule has 0 radical (unpaired) electrons. The van der Waals surface area contributed by atoms with Crippen LogP contribution < -0.4 is 5.32 Å². The van der Waals surface area contributed by atoms with Crippen LogP contribution in [0, 0.1) is 5.92 Å². The molecular weight excluding hydrogens is 319 g/mol. The lowest BCUT2D eigenvalue weighted by Crippen LogP contribution is -2.21.